The van der Waals surface area contributed by atoms with Crippen LogP contribution in [0.15, 0.2) is 84.9 Å². The van der Waals surface area contributed by atoms with Crippen molar-refractivity contribution >= 4 is 28.4 Å². The minimum absolute atomic E-state index is 0. The van der Waals surface area contributed by atoms with Crippen molar-refractivity contribution in [1.29, 1.82) is 0 Å². The number of hydrogen-bond donors (Lipinski definition) is 3. The molecular weight excluding hydrogens is 394 g/mol. The van der Waals surface area contributed by atoms with Gasteiger partial charge in [-0.25, -0.2) is 0 Å². The Balaban J connectivity index is -0.000000311. The first kappa shape index (κ1) is 27.8. The summed E-state index contributed by atoms with van der Waals surface area (Å²) < 4.78 is 0. The smallest absolute Gasteiger partial charge is 1.00 e. The molecule has 0 aliphatic rings. The van der Waals surface area contributed by atoms with Crippen LogP contribution in [0.5, 0.6) is 5.75 Å². The Bertz CT molecular complexity index is 730. The Morgan fingerprint density at radius 3 is 1.52 bits per heavy atom. The summed E-state index contributed by atoms with van der Waals surface area (Å²) in [5.41, 5.74) is 1.86. The summed E-state index contributed by atoms with van der Waals surface area (Å²) in [6, 6.07) is 25.7. The average molecular weight is 417 g/mol. The largest absolute Gasteiger partial charge is 1.00 e. The fraction of sp³-hybridized carbons (Fsp3) is 0.0500. The van der Waals surface area contributed by atoms with Gasteiger partial charge in [0.1, 0.15) is 5.75 Å². The Morgan fingerprint density at radius 2 is 1.26 bits per heavy atom. The number of nitrogens with two attached hydrogens (primary N) is 2. The van der Waals surface area contributed by atoms with Gasteiger partial charge in [0.05, 0.1) is 5.02 Å². The van der Waals surface area contributed by atoms with Gasteiger partial charge in [0, 0.05) is 5.56 Å². The number of para-hydroxylation sites is 1. The van der Waals surface area contributed by atoms with E-state index in [-0.39, 0.29) is 36.7 Å². The van der Waals surface area contributed by atoms with Gasteiger partial charge in [0.25, 0.3) is 5.24 Å². The number of carbonyl (C=O) groups excluding carboxylic acids is 1. The van der Waals surface area contributed by atoms with E-state index in [1.54, 1.807) is 48.5 Å². The zero-order valence-corrected chi connectivity index (χ0v) is 18.9. The standard InChI is InChI=1S/C7H5ClO.C7H8.C6H5ClO.H4N2.Na.H/c8-7(9)6-4-2-1-3-5-6;1-7-5-3-2-4-6-7;7-5-3-1-2-4-6(5)8;1-2;;/h1-5H;2-6H,1H3;1-4,8H;1-2H2;;/q;;;;+1;-1. The van der Waals surface area contributed by atoms with E-state index >= 15 is 0 Å². The van der Waals surface area contributed by atoms with Crippen molar-refractivity contribution in [1.82, 2.24) is 0 Å². The van der Waals surface area contributed by atoms with Gasteiger partial charge in [-0.15, -0.1) is 0 Å². The molecule has 7 heteroatoms. The van der Waals surface area contributed by atoms with Crippen molar-refractivity contribution in [2.45, 2.75) is 6.92 Å². The molecule has 3 aromatic rings. The summed E-state index contributed by atoms with van der Waals surface area (Å²) >= 11 is 10.6. The molecule has 0 aliphatic heterocycles. The number of benzene rings is 3. The van der Waals surface area contributed by atoms with Crippen LogP contribution in [0.2, 0.25) is 5.02 Å². The molecule has 0 saturated heterocycles. The van der Waals surface area contributed by atoms with Gasteiger partial charge in [-0.05, 0) is 30.7 Å². The number of carbonyl (C=O) groups is 1. The van der Waals surface area contributed by atoms with E-state index in [0.29, 0.717) is 10.6 Å². The zero-order valence-electron chi connectivity index (χ0n) is 16.3. The van der Waals surface area contributed by atoms with Crippen LogP contribution >= 0.6 is 23.2 Å². The van der Waals surface area contributed by atoms with Gasteiger partial charge in [0.2, 0.25) is 0 Å². The van der Waals surface area contributed by atoms with Crippen LogP contribution in [0.25, 0.3) is 0 Å². The normalized spacial score (nSPS) is 8.19. The molecule has 0 heterocycles. The number of halogens is 2. The summed E-state index contributed by atoms with van der Waals surface area (Å²) in [5.74, 6) is 8.13. The van der Waals surface area contributed by atoms with E-state index in [2.05, 4.69) is 30.7 Å². The third-order valence-corrected chi connectivity index (χ3v) is 3.33. The predicted octanol–water partition coefficient (Wildman–Crippen LogP) is 2.04. The molecule has 0 radical (unpaired) electrons. The monoisotopic (exact) mass is 416 g/mol. The number of phenols is 1. The molecule has 0 aromatic heterocycles. The van der Waals surface area contributed by atoms with Crippen LogP contribution in [0.4, 0.5) is 0 Å². The summed E-state index contributed by atoms with van der Waals surface area (Å²) in [7, 11) is 0. The number of aromatic hydroxyl groups is 1. The van der Waals surface area contributed by atoms with Crippen LogP contribution in [-0.4, -0.2) is 10.3 Å². The van der Waals surface area contributed by atoms with Gasteiger partial charge < -0.3 is 6.53 Å². The van der Waals surface area contributed by atoms with Crippen molar-refractivity contribution in [3.8, 4) is 5.75 Å². The Kier molecular flexibility index (Phi) is 18.6. The van der Waals surface area contributed by atoms with Crippen molar-refractivity contribution in [3.63, 3.8) is 0 Å². The number of phenolic OH excluding ortho intramolecular Hbond substituents is 1. The van der Waals surface area contributed by atoms with Gasteiger partial charge in [-0.2, -0.15) is 0 Å². The molecule has 3 rings (SSSR count). The topological polar surface area (TPSA) is 89.3 Å². The molecule has 27 heavy (non-hydrogen) atoms. The van der Waals surface area contributed by atoms with E-state index in [1.165, 1.54) is 5.56 Å². The second-order valence-corrected chi connectivity index (χ2v) is 5.50. The second kappa shape index (κ2) is 18.0. The van der Waals surface area contributed by atoms with E-state index in [1.807, 2.05) is 24.3 Å². The molecule has 0 fully saturated rings. The fourth-order valence-corrected chi connectivity index (χ4v) is 1.82. The Morgan fingerprint density at radius 1 is 0.852 bits per heavy atom. The van der Waals surface area contributed by atoms with Crippen LogP contribution in [0.1, 0.15) is 17.3 Å². The number of hydrogen-bond acceptors (Lipinski definition) is 4. The SMILES string of the molecule is Cc1ccccc1.NN.O=C(Cl)c1ccccc1.Oc1ccccc1Cl.[H-].[Na+]. The number of rotatable bonds is 1. The molecular formula is C20H23Cl2N2NaO2. The minimum atomic E-state index is -0.407. The molecule has 140 valence electrons. The van der Waals surface area contributed by atoms with E-state index in [9.17, 15) is 4.79 Å². The van der Waals surface area contributed by atoms with Gasteiger partial charge >= 0.3 is 29.6 Å². The first-order chi connectivity index (χ1) is 12.5. The maximum absolute atomic E-state index is 10.4. The summed E-state index contributed by atoms with van der Waals surface area (Å²) in [4.78, 5) is 10.4. The van der Waals surface area contributed by atoms with E-state index in [4.69, 9.17) is 28.3 Å². The van der Waals surface area contributed by atoms with Gasteiger partial charge in [-0.1, -0.05) is 90.0 Å². The Labute approximate surface area is 193 Å². The van der Waals surface area contributed by atoms with Crippen molar-refractivity contribution in [2.75, 3.05) is 0 Å². The average Bonchev–Trinajstić information content (AvgIpc) is 2.68. The van der Waals surface area contributed by atoms with Gasteiger partial charge in [-0.3, -0.25) is 16.5 Å². The molecule has 0 aliphatic carbocycles. The van der Waals surface area contributed by atoms with Gasteiger partial charge in [0.15, 0.2) is 0 Å². The summed E-state index contributed by atoms with van der Waals surface area (Å²) in [5, 5.41) is 8.78. The Hall–Kier alpha value is -1.37. The summed E-state index contributed by atoms with van der Waals surface area (Å²) in [6.07, 6.45) is 0. The van der Waals surface area contributed by atoms with Crippen LogP contribution in [0.3, 0.4) is 0 Å². The van der Waals surface area contributed by atoms with E-state index in [0.717, 1.165) is 0 Å². The quantitative estimate of drug-likeness (QED) is 0.245. The van der Waals surface area contributed by atoms with Crippen LogP contribution < -0.4 is 41.2 Å². The number of aryl methyl sites for hydroxylation is 1. The molecule has 5 N–H and O–H groups in total. The molecule has 4 nitrogen and oxygen atoms in total. The third-order valence-electron chi connectivity index (χ3n) is 2.79. The van der Waals surface area contributed by atoms with Crippen molar-refractivity contribution < 1.29 is 40.9 Å². The van der Waals surface area contributed by atoms with Crippen molar-refractivity contribution in [2.24, 2.45) is 11.7 Å². The molecule has 3 aromatic carbocycles. The predicted molar refractivity (Wildman–Crippen MR) is 110 cm³/mol. The molecule has 0 unspecified atom stereocenters. The maximum atomic E-state index is 10.4. The minimum Gasteiger partial charge on any atom is -1.00 e. The molecule has 0 spiro atoms. The molecule has 0 amide bonds. The molecule has 0 atom stereocenters. The third kappa shape index (κ3) is 14.4. The zero-order chi connectivity index (χ0) is 19.8. The molecule has 0 saturated carbocycles. The first-order valence-electron chi connectivity index (χ1n) is 7.54. The van der Waals surface area contributed by atoms with Crippen LogP contribution in [-0.2, 0) is 0 Å². The first-order valence-corrected chi connectivity index (χ1v) is 8.29. The summed E-state index contributed by atoms with van der Waals surface area (Å²) in [6.45, 7) is 2.08. The fourth-order valence-electron chi connectivity index (χ4n) is 1.56. The van der Waals surface area contributed by atoms with Crippen LogP contribution in [0, 0.1) is 6.92 Å². The van der Waals surface area contributed by atoms with Crippen molar-refractivity contribution in [3.05, 3.63) is 101 Å². The number of hydrazine groups is 1. The van der Waals surface area contributed by atoms with E-state index < -0.39 is 5.24 Å². The maximum Gasteiger partial charge on any atom is 1.00 e. The second-order valence-electron chi connectivity index (χ2n) is 4.75. The molecule has 0 bridgehead atoms.